The number of benzene rings is 1. The average Bonchev–Trinajstić information content (AvgIpc) is 2.91. The summed E-state index contributed by atoms with van der Waals surface area (Å²) in [5.74, 6) is -0.0288. The molecule has 0 radical (unpaired) electrons. The van der Waals surface area contributed by atoms with Gasteiger partial charge in [0, 0.05) is 18.1 Å². The van der Waals surface area contributed by atoms with Gasteiger partial charge in [-0.2, -0.15) is 11.8 Å². The van der Waals surface area contributed by atoms with Crippen LogP contribution in [0.5, 0.6) is 0 Å². The lowest BCUT2D eigenvalue weighted by Gasteiger charge is -2.11. The van der Waals surface area contributed by atoms with Crippen LogP contribution in [0, 0.1) is 0 Å². The van der Waals surface area contributed by atoms with Crippen LogP contribution >= 0.6 is 23.4 Å². The molecule has 0 aliphatic rings. The standard InChI is InChI=1S/C13H14ClN3OS/c1-9(19-2)13(18)16-10-3-4-12(11(14)7-10)17-6-5-15-8-17/h3-9H,1-2H3,(H,16,18)/t9-/m0/s1. The number of thioether (sulfide) groups is 1. The van der Waals surface area contributed by atoms with Gasteiger partial charge in [0.05, 0.1) is 22.3 Å². The molecule has 0 fully saturated rings. The Morgan fingerprint density at radius 3 is 2.89 bits per heavy atom. The van der Waals surface area contributed by atoms with Crippen molar-refractivity contribution in [2.75, 3.05) is 11.6 Å². The molecule has 1 aromatic carbocycles. The minimum absolute atomic E-state index is 0.0288. The maximum Gasteiger partial charge on any atom is 0.237 e. The predicted octanol–water partition coefficient (Wildman–Crippen LogP) is 3.22. The van der Waals surface area contributed by atoms with E-state index in [9.17, 15) is 4.79 Å². The average molecular weight is 296 g/mol. The van der Waals surface area contributed by atoms with E-state index in [0.717, 1.165) is 5.69 Å². The molecule has 6 heteroatoms. The number of hydrogen-bond acceptors (Lipinski definition) is 3. The molecule has 1 atom stereocenters. The van der Waals surface area contributed by atoms with Gasteiger partial charge in [-0.3, -0.25) is 4.79 Å². The highest BCUT2D eigenvalue weighted by molar-refractivity contribution is 7.99. The van der Waals surface area contributed by atoms with Crippen LogP contribution < -0.4 is 5.32 Å². The van der Waals surface area contributed by atoms with E-state index >= 15 is 0 Å². The van der Waals surface area contributed by atoms with Gasteiger partial charge in [0.1, 0.15) is 0 Å². The molecule has 0 unspecified atom stereocenters. The number of amides is 1. The highest BCUT2D eigenvalue weighted by atomic mass is 35.5. The fourth-order valence-corrected chi connectivity index (χ4v) is 2.10. The van der Waals surface area contributed by atoms with E-state index < -0.39 is 0 Å². The Morgan fingerprint density at radius 1 is 1.53 bits per heavy atom. The second-order valence-corrected chi connectivity index (χ2v) is 5.59. The summed E-state index contributed by atoms with van der Waals surface area (Å²) in [6.07, 6.45) is 7.08. The Bertz CT molecular complexity index is 571. The van der Waals surface area contributed by atoms with Crippen molar-refractivity contribution in [1.82, 2.24) is 9.55 Å². The zero-order valence-electron chi connectivity index (χ0n) is 10.6. The van der Waals surface area contributed by atoms with Gasteiger partial charge in [-0.05, 0) is 31.4 Å². The molecule has 100 valence electrons. The lowest BCUT2D eigenvalue weighted by atomic mass is 10.2. The molecule has 4 nitrogen and oxygen atoms in total. The van der Waals surface area contributed by atoms with Crippen molar-refractivity contribution in [3.05, 3.63) is 41.9 Å². The highest BCUT2D eigenvalue weighted by Gasteiger charge is 2.12. The molecule has 1 amide bonds. The number of rotatable bonds is 4. The second kappa shape index (κ2) is 6.12. The molecular formula is C13H14ClN3OS. The molecule has 0 bridgehead atoms. The van der Waals surface area contributed by atoms with Crippen LogP contribution in [-0.4, -0.2) is 27.0 Å². The number of halogens is 1. The van der Waals surface area contributed by atoms with Gasteiger partial charge in [-0.15, -0.1) is 0 Å². The Balaban J connectivity index is 2.18. The summed E-state index contributed by atoms with van der Waals surface area (Å²) in [5, 5.41) is 3.31. The number of aromatic nitrogens is 2. The number of carbonyl (C=O) groups is 1. The maximum absolute atomic E-state index is 11.8. The van der Waals surface area contributed by atoms with Crippen LogP contribution in [0.25, 0.3) is 5.69 Å². The largest absolute Gasteiger partial charge is 0.325 e. The Kier molecular flexibility index (Phi) is 4.50. The first-order chi connectivity index (χ1) is 9.11. The van der Waals surface area contributed by atoms with E-state index in [2.05, 4.69) is 10.3 Å². The lowest BCUT2D eigenvalue weighted by molar-refractivity contribution is -0.115. The minimum atomic E-state index is -0.0906. The van der Waals surface area contributed by atoms with Crippen molar-refractivity contribution < 1.29 is 4.79 Å². The first-order valence-corrected chi connectivity index (χ1v) is 7.40. The van der Waals surface area contributed by atoms with E-state index in [1.807, 2.05) is 36.1 Å². The van der Waals surface area contributed by atoms with Crippen molar-refractivity contribution in [3.8, 4) is 5.69 Å². The van der Waals surface area contributed by atoms with Crippen LogP contribution in [0.15, 0.2) is 36.9 Å². The zero-order chi connectivity index (χ0) is 13.8. The maximum atomic E-state index is 11.8. The van der Waals surface area contributed by atoms with E-state index in [1.54, 1.807) is 18.6 Å². The summed E-state index contributed by atoms with van der Waals surface area (Å²) >= 11 is 7.71. The fraction of sp³-hybridized carbons (Fsp3) is 0.231. The highest BCUT2D eigenvalue weighted by Crippen LogP contribution is 2.24. The number of imidazole rings is 1. The molecule has 0 aliphatic carbocycles. The van der Waals surface area contributed by atoms with Gasteiger partial charge in [0.15, 0.2) is 0 Å². The fourth-order valence-electron chi connectivity index (χ4n) is 1.55. The van der Waals surface area contributed by atoms with E-state index in [1.165, 1.54) is 11.8 Å². The molecule has 1 N–H and O–H groups in total. The molecule has 1 aromatic heterocycles. The van der Waals surface area contributed by atoms with Crippen molar-refractivity contribution in [3.63, 3.8) is 0 Å². The number of nitrogens with zero attached hydrogens (tertiary/aromatic N) is 2. The topological polar surface area (TPSA) is 46.9 Å². The number of hydrogen-bond donors (Lipinski definition) is 1. The molecule has 19 heavy (non-hydrogen) atoms. The number of carbonyl (C=O) groups excluding carboxylic acids is 1. The summed E-state index contributed by atoms with van der Waals surface area (Å²) in [4.78, 5) is 15.8. The van der Waals surface area contributed by atoms with E-state index in [4.69, 9.17) is 11.6 Å². The summed E-state index contributed by atoms with van der Waals surface area (Å²) in [6.45, 7) is 1.86. The van der Waals surface area contributed by atoms with Gasteiger partial charge >= 0.3 is 0 Å². The molecule has 0 aliphatic heterocycles. The van der Waals surface area contributed by atoms with Crippen LogP contribution in [0.1, 0.15) is 6.92 Å². The third kappa shape index (κ3) is 3.30. The summed E-state index contributed by atoms with van der Waals surface area (Å²) in [5.41, 5.74) is 1.52. The minimum Gasteiger partial charge on any atom is -0.325 e. The number of nitrogens with one attached hydrogen (secondary N) is 1. The quantitative estimate of drug-likeness (QED) is 0.942. The molecule has 1 heterocycles. The Labute approximate surface area is 121 Å². The molecular weight excluding hydrogens is 282 g/mol. The summed E-state index contributed by atoms with van der Waals surface area (Å²) in [6, 6.07) is 5.41. The smallest absolute Gasteiger partial charge is 0.237 e. The second-order valence-electron chi connectivity index (χ2n) is 4.00. The van der Waals surface area contributed by atoms with Gasteiger partial charge in [0.2, 0.25) is 5.91 Å². The molecule has 0 spiro atoms. The van der Waals surface area contributed by atoms with Crippen LogP contribution in [0.2, 0.25) is 5.02 Å². The molecule has 0 saturated heterocycles. The first-order valence-electron chi connectivity index (χ1n) is 5.73. The Morgan fingerprint density at radius 2 is 2.32 bits per heavy atom. The van der Waals surface area contributed by atoms with Gasteiger partial charge in [-0.1, -0.05) is 11.6 Å². The van der Waals surface area contributed by atoms with E-state index in [0.29, 0.717) is 10.7 Å². The van der Waals surface area contributed by atoms with Gasteiger partial charge in [-0.25, -0.2) is 4.98 Å². The third-order valence-corrected chi connectivity index (χ3v) is 3.94. The molecule has 2 aromatic rings. The van der Waals surface area contributed by atoms with Crippen LogP contribution in [-0.2, 0) is 4.79 Å². The van der Waals surface area contributed by atoms with E-state index in [-0.39, 0.29) is 11.2 Å². The van der Waals surface area contributed by atoms with Crippen molar-refractivity contribution >= 4 is 35.0 Å². The molecule has 0 saturated carbocycles. The van der Waals surface area contributed by atoms with Gasteiger partial charge in [0.25, 0.3) is 0 Å². The summed E-state index contributed by atoms with van der Waals surface area (Å²) in [7, 11) is 0. The SMILES string of the molecule is CS[C@@H](C)C(=O)Nc1ccc(-n2ccnc2)c(Cl)c1. The monoisotopic (exact) mass is 295 g/mol. The van der Waals surface area contributed by atoms with Crippen molar-refractivity contribution in [2.45, 2.75) is 12.2 Å². The normalized spacial score (nSPS) is 12.2. The Hall–Kier alpha value is -1.46. The van der Waals surface area contributed by atoms with Gasteiger partial charge < -0.3 is 9.88 Å². The summed E-state index contributed by atoms with van der Waals surface area (Å²) < 4.78 is 1.82. The van der Waals surface area contributed by atoms with Crippen molar-refractivity contribution in [1.29, 1.82) is 0 Å². The zero-order valence-corrected chi connectivity index (χ0v) is 12.2. The number of anilines is 1. The predicted molar refractivity (Wildman–Crippen MR) is 80.2 cm³/mol. The molecule has 2 rings (SSSR count). The third-order valence-electron chi connectivity index (χ3n) is 2.72. The van der Waals surface area contributed by atoms with Crippen LogP contribution in [0.3, 0.4) is 0 Å². The van der Waals surface area contributed by atoms with Crippen LogP contribution in [0.4, 0.5) is 5.69 Å². The lowest BCUT2D eigenvalue weighted by Crippen LogP contribution is -2.22. The first kappa shape index (κ1) is 14.0. The van der Waals surface area contributed by atoms with Crippen molar-refractivity contribution in [2.24, 2.45) is 0 Å².